The molecule has 3 heterocycles. The first-order valence-corrected chi connectivity index (χ1v) is 9.92. The fraction of sp³-hybridized carbons (Fsp3) is 0.450. The van der Waals surface area contributed by atoms with Gasteiger partial charge in [-0.05, 0) is 43.4 Å². The Balaban J connectivity index is 1.42. The molecule has 158 valence electrons. The highest BCUT2D eigenvalue weighted by Gasteiger charge is 2.44. The van der Waals surface area contributed by atoms with Crippen LogP contribution in [0.1, 0.15) is 46.4 Å². The minimum absolute atomic E-state index is 0.0807. The molecule has 10 heteroatoms. The third-order valence-corrected chi connectivity index (χ3v) is 5.92. The van der Waals surface area contributed by atoms with Crippen molar-refractivity contribution in [3.05, 3.63) is 29.3 Å². The van der Waals surface area contributed by atoms with E-state index in [9.17, 15) is 24.0 Å². The number of benzene rings is 1. The summed E-state index contributed by atoms with van der Waals surface area (Å²) in [5.74, 6) is -1.80. The number of carboxylic acid groups (broad SMARTS) is 1. The molecule has 4 rings (SSSR count). The lowest BCUT2D eigenvalue weighted by molar-refractivity contribution is -0.136. The third-order valence-electron chi connectivity index (χ3n) is 5.92. The number of fused-ring (bicyclic) bond motifs is 1. The van der Waals surface area contributed by atoms with Crippen molar-refractivity contribution in [3.63, 3.8) is 0 Å². The van der Waals surface area contributed by atoms with Crippen LogP contribution in [0.15, 0.2) is 18.2 Å². The van der Waals surface area contributed by atoms with Crippen LogP contribution in [0.3, 0.4) is 0 Å². The van der Waals surface area contributed by atoms with Crippen LogP contribution in [0.25, 0.3) is 0 Å². The summed E-state index contributed by atoms with van der Waals surface area (Å²) in [6.07, 6.45) is 0.813. The maximum Gasteiger partial charge on any atom is 0.407 e. The fourth-order valence-electron chi connectivity index (χ4n) is 4.17. The first kappa shape index (κ1) is 19.9. The number of hydrogen-bond acceptors (Lipinski definition) is 6. The van der Waals surface area contributed by atoms with Crippen LogP contribution in [0.2, 0.25) is 0 Å². The molecule has 0 spiro atoms. The molecule has 5 amide bonds. The van der Waals surface area contributed by atoms with E-state index in [-0.39, 0.29) is 24.0 Å². The van der Waals surface area contributed by atoms with Crippen molar-refractivity contribution < 1.29 is 29.1 Å². The SMILES string of the molecule is O=C1CCC(N2C(=O)c3ccc(NCC4CCN(C(=O)O)CC4)cc3C2=O)C(=O)N1. The number of hydrogen-bond donors (Lipinski definition) is 3. The molecule has 3 aliphatic heterocycles. The number of amides is 5. The zero-order chi connectivity index (χ0) is 21.4. The molecule has 0 radical (unpaired) electrons. The molecular weight excluding hydrogens is 392 g/mol. The second kappa shape index (κ2) is 7.77. The van der Waals surface area contributed by atoms with Crippen LogP contribution in [-0.4, -0.2) is 70.3 Å². The second-order valence-corrected chi connectivity index (χ2v) is 7.80. The van der Waals surface area contributed by atoms with Gasteiger partial charge in [-0.3, -0.25) is 29.4 Å². The summed E-state index contributed by atoms with van der Waals surface area (Å²) < 4.78 is 0. The molecule has 2 saturated heterocycles. The van der Waals surface area contributed by atoms with Gasteiger partial charge in [0.25, 0.3) is 11.8 Å². The van der Waals surface area contributed by atoms with E-state index in [1.54, 1.807) is 18.2 Å². The number of imide groups is 2. The quantitative estimate of drug-likeness (QED) is 0.623. The summed E-state index contributed by atoms with van der Waals surface area (Å²) in [6, 6.07) is 3.90. The van der Waals surface area contributed by atoms with E-state index in [0.717, 1.165) is 17.7 Å². The molecule has 1 aromatic carbocycles. The lowest BCUT2D eigenvalue weighted by Crippen LogP contribution is -2.54. The van der Waals surface area contributed by atoms with Crippen molar-refractivity contribution in [2.45, 2.75) is 31.7 Å². The largest absolute Gasteiger partial charge is 0.465 e. The highest BCUT2D eigenvalue weighted by molar-refractivity contribution is 6.23. The average Bonchev–Trinajstić information content (AvgIpc) is 2.97. The van der Waals surface area contributed by atoms with Crippen molar-refractivity contribution in [2.75, 3.05) is 25.0 Å². The van der Waals surface area contributed by atoms with Crippen LogP contribution in [0.4, 0.5) is 10.5 Å². The lowest BCUT2D eigenvalue weighted by atomic mass is 9.97. The van der Waals surface area contributed by atoms with Gasteiger partial charge in [0.15, 0.2) is 0 Å². The van der Waals surface area contributed by atoms with E-state index in [2.05, 4.69) is 10.6 Å². The van der Waals surface area contributed by atoms with Gasteiger partial charge < -0.3 is 15.3 Å². The molecule has 0 saturated carbocycles. The number of nitrogens with one attached hydrogen (secondary N) is 2. The summed E-state index contributed by atoms with van der Waals surface area (Å²) in [4.78, 5) is 62.3. The Bertz CT molecular complexity index is 937. The standard InChI is InChI=1S/C20H22N4O6/c25-16-4-3-15(17(26)22-16)24-18(27)13-2-1-12(9-14(13)19(24)28)21-10-11-5-7-23(8-6-11)20(29)30/h1-2,9,11,15,21H,3-8,10H2,(H,29,30)(H,22,25,26). The van der Waals surface area contributed by atoms with Crippen LogP contribution >= 0.6 is 0 Å². The number of carbonyl (C=O) groups excluding carboxylic acids is 4. The molecule has 3 N–H and O–H groups in total. The fourth-order valence-corrected chi connectivity index (χ4v) is 4.17. The number of rotatable bonds is 4. The zero-order valence-corrected chi connectivity index (χ0v) is 16.2. The van der Waals surface area contributed by atoms with Crippen molar-refractivity contribution in [2.24, 2.45) is 5.92 Å². The van der Waals surface area contributed by atoms with Gasteiger partial charge in [0.1, 0.15) is 6.04 Å². The Hall–Kier alpha value is -3.43. The molecule has 0 bridgehead atoms. The predicted octanol–water partition coefficient (Wildman–Crippen LogP) is 0.890. The summed E-state index contributed by atoms with van der Waals surface area (Å²) in [6.45, 7) is 1.63. The normalized spacial score (nSPS) is 22.2. The van der Waals surface area contributed by atoms with Gasteiger partial charge in [0.2, 0.25) is 11.8 Å². The maximum atomic E-state index is 12.8. The number of carbonyl (C=O) groups is 5. The Morgan fingerprint density at radius 1 is 1.07 bits per heavy atom. The summed E-state index contributed by atoms with van der Waals surface area (Å²) in [5, 5.41) is 14.5. The van der Waals surface area contributed by atoms with Crippen LogP contribution in [-0.2, 0) is 9.59 Å². The number of anilines is 1. The molecule has 1 aromatic rings. The minimum Gasteiger partial charge on any atom is -0.465 e. The molecule has 30 heavy (non-hydrogen) atoms. The van der Waals surface area contributed by atoms with E-state index < -0.39 is 35.8 Å². The third kappa shape index (κ3) is 3.60. The Kier molecular flexibility index (Phi) is 5.15. The van der Waals surface area contributed by atoms with E-state index in [1.807, 2.05) is 0 Å². The maximum absolute atomic E-state index is 12.8. The first-order valence-electron chi connectivity index (χ1n) is 9.92. The molecule has 10 nitrogen and oxygen atoms in total. The van der Waals surface area contributed by atoms with Crippen molar-refractivity contribution in [3.8, 4) is 0 Å². The Labute approximate surface area is 172 Å². The van der Waals surface area contributed by atoms with Gasteiger partial charge in [0, 0.05) is 31.7 Å². The molecule has 1 atom stereocenters. The van der Waals surface area contributed by atoms with E-state index in [1.165, 1.54) is 4.90 Å². The molecule has 1 unspecified atom stereocenters. The Morgan fingerprint density at radius 2 is 1.77 bits per heavy atom. The lowest BCUT2D eigenvalue weighted by Gasteiger charge is -2.30. The zero-order valence-electron chi connectivity index (χ0n) is 16.2. The smallest absolute Gasteiger partial charge is 0.407 e. The molecule has 3 aliphatic rings. The van der Waals surface area contributed by atoms with Gasteiger partial charge in [0.05, 0.1) is 11.1 Å². The van der Waals surface area contributed by atoms with Gasteiger partial charge in [-0.2, -0.15) is 0 Å². The van der Waals surface area contributed by atoms with E-state index in [0.29, 0.717) is 31.2 Å². The van der Waals surface area contributed by atoms with Crippen LogP contribution in [0.5, 0.6) is 0 Å². The van der Waals surface area contributed by atoms with E-state index in [4.69, 9.17) is 5.11 Å². The highest BCUT2D eigenvalue weighted by atomic mass is 16.4. The van der Waals surface area contributed by atoms with Gasteiger partial charge in [-0.15, -0.1) is 0 Å². The highest BCUT2D eigenvalue weighted by Crippen LogP contribution is 2.30. The van der Waals surface area contributed by atoms with Crippen molar-refractivity contribution in [1.82, 2.24) is 15.1 Å². The average molecular weight is 414 g/mol. The van der Waals surface area contributed by atoms with E-state index >= 15 is 0 Å². The topological polar surface area (TPSA) is 136 Å². The monoisotopic (exact) mass is 414 g/mol. The molecular formula is C20H22N4O6. The summed E-state index contributed by atoms with van der Waals surface area (Å²) in [5.41, 5.74) is 1.15. The molecule has 0 aromatic heterocycles. The predicted molar refractivity (Wildman–Crippen MR) is 104 cm³/mol. The Morgan fingerprint density at radius 3 is 2.43 bits per heavy atom. The molecule has 2 fully saturated rings. The summed E-state index contributed by atoms with van der Waals surface area (Å²) in [7, 11) is 0. The van der Waals surface area contributed by atoms with Gasteiger partial charge >= 0.3 is 6.09 Å². The number of piperidine rings is 2. The number of likely N-dealkylation sites (tertiary alicyclic amines) is 1. The molecule has 0 aliphatic carbocycles. The van der Waals surface area contributed by atoms with Crippen molar-refractivity contribution >= 4 is 35.4 Å². The van der Waals surface area contributed by atoms with Crippen LogP contribution < -0.4 is 10.6 Å². The van der Waals surface area contributed by atoms with Crippen molar-refractivity contribution in [1.29, 1.82) is 0 Å². The van der Waals surface area contributed by atoms with Crippen LogP contribution in [0, 0.1) is 5.92 Å². The second-order valence-electron chi connectivity index (χ2n) is 7.80. The summed E-state index contributed by atoms with van der Waals surface area (Å²) >= 11 is 0. The first-order chi connectivity index (χ1) is 14.3. The minimum atomic E-state index is -0.981. The number of nitrogens with zero attached hydrogens (tertiary/aromatic N) is 2. The van der Waals surface area contributed by atoms with Gasteiger partial charge in [-0.25, -0.2) is 4.79 Å². The van der Waals surface area contributed by atoms with Gasteiger partial charge in [-0.1, -0.05) is 0 Å².